The second kappa shape index (κ2) is 8.82. The minimum absolute atomic E-state index is 0.299. The molecule has 0 aliphatic carbocycles. The summed E-state index contributed by atoms with van der Waals surface area (Å²) in [6.45, 7) is 6.28. The fourth-order valence-electron chi connectivity index (χ4n) is 2.60. The molecule has 0 amide bonds. The smallest absolute Gasteiger partial charge is 0.358 e. The summed E-state index contributed by atoms with van der Waals surface area (Å²) < 4.78 is 5.03. The number of unbranched alkanes of at least 4 members (excludes halogenated alkanes) is 2. The van der Waals surface area contributed by atoms with Crippen molar-refractivity contribution in [2.45, 2.75) is 52.9 Å². The fourth-order valence-corrected chi connectivity index (χ4v) is 3.56. The van der Waals surface area contributed by atoms with Crippen LogP contribution in [-0.4, -0.2) is 17.6 Å². The van der Waals surface area contributed by atoms with Crippen molar-refractivity contribution in [2.75, 3.05) is 6.61 Å². The van der Waals surface area contributed by atoms with Crippen LogP contribution in [0.4, 0.5) is 0 Å². The number of thiazole rings is 1. The average Bonchev–Trinajstić information content (AvgIpc) is 2.88. The number of esters is 1. The van der Waals surface area contributed by atoms with Crippen LogP contribution in [0.15, 0.2) is 24.3 Å². The maximum Gasteiger partial charge on any atom is 0.358 e. The van der Waals surface area contributed by atoms with Gasteiger partial charge in [-0.25, -0.2) is 9.78 Å². The van der Waals surface area contributed by atoms with Crippen molar-refractivity contribution in [1.29, 1.82) is 0 Å². The minimum atomic E-state index is -0.299. The number of nitrogens with zero attached hydrogens (tertiary/aromatic N) is 1. The Kier molecular flexibility index (Phi) is 6.78. The van der Waals surface area contributed by atoms with Gasteiger partial charge in [-0.2, -0.15) is 0 Å². The lowest BCUT2D eigenvalue weighted by molar-refractivity contribution is 0.0519. The van der Waals surface area contributed by atoms with Gasteiger partial charge < -0.3 is 4.74 Å². The normalized spacial score (nSPS) is 10.7. The standard InChI is InChI=1S/C19H25NO2S/c1-4-22-19(21)18-15(3)23-17(20-18)12-7-5-6-10-16-11-8-9-14(2)13-16/h8-9,11,13H,4-7,10,12H2,1-3H3. The van der Waals surface area contributed by atoms with Crippen LogP contribution in [0.2, 0.25) is 0 Å². The number of ether oxygens (including phenoxy) is 1. The molecule has 0 saturated carbocycles. The number of hydrogen-bond donors (Lipinski definition) is 0. The number of aryl methyl sites for hydroxylation is 4. The molecule has 4 heteroatoms. The zero-order valence-electron chi connectivity index (χ0n) is 14.2. The van der Waals surface area contributed by atoms with Crippen LogP contribution in [0, 0.1) is 13.8 Å². The van der Waals surface area contributed by atoms with Gasteiger partial charge in [-0.15, -0.1) is 11.3 Å². The van der Waals surface area contributed by atoms with Crippen molar-refractivity contribution in [3.8, 4) is 0 Å². The van der Waals surface area contributed by atoms with Gasteiger partial charge in [0.1, 0.15) is 0 Å². The molecule has 0 saturated heterocycles. The van der Waals surface area contributed by atoms with Crippen molar-refractivity contribution >= 4 is 17.3 Å². The van der Waals surface area contributed by atoms with E-state index in [-0.39, 0.29) is 5.97 Å². The van der Waals surface area contributed by atoms with Gasteiger partial charge in [-0.3, -0.25) is 0 Å². The lowest BCUT2D eigenvalue weighted by Crippen LogP contribution is -2.06. The van der Waals surface area contributed by atoms with E-state index in [1.807, 2.05) is 13.8 Å². The van der Waals surface area contributed by atoms with E-state index in [1.54, 1.807) is 11.3 Å². The summed E-state index contributed by atoms with van der Waals surface area (Å²) in [5.74, 6) is -0.299. The van der Waals surface area contributed by atoms with Crippen LogP contribution in [0.3, 0.4) is 0 Å². The minimum Gasteiger partial charge on any atom is -0.461 e. The summed E-state index contributed by atoms with van der Waals surface area (Å²) in [5, 5.41) is 1.04. The van der Waals surface area contributed by atoms with Crippen LogP contribution >= 0.6 is 11.3 Å². The highest BCUT2D eigenvalue weighted by molar-refractivity contribution is 7.11. The van der Waals surface area contributed by atoms with Crippen LogP contribution in [0.5, 0.6) is 0 Å². The Bertz CT molecular complexity index is 649. The summed E-state index contributed by atoms with van der Waals surface area (Å²) in [6.07, 6.45) is 5.56. The van der Waals surface area contributed by atoms with Gasteiger partial charge >= 0.3 is 5.97 Å². The van der Waals surface area contributed by atoms with E-state index in [1.165, 1.54) is 24.0 Å². The summed E-state index contributed by atoms with van der Waals surface area (Å²) in [6, 6.07) is 8.72. The van der Waals surface area contributed by atoms with E-state index in [2.05, 4.69) is 36.2 Å². The summed E-state index contributed by atoms with van der Waals surface area (Å²) in [5.41, 5.74) is 3.23. The highest BCUT2D eigenvalue weighted by Gasteiger charge is 2.15. The molecule has 0 spiro atoms. The van der Waals surface area contributed by atoms with Gasteiger partial charge in [0.15, 0.2) is 5.69 Å². The van der Waals surface area contributed by atoms with Gasteiger partial charge in [0.05, 0.1) is 11.6 Å². The molecule has 1 aromatic carbocycles. The highest BCUT2D eigenvalue weighted by atomic mass is 32.1. The van der Waals surface area contributed by atoms with Crippen LogP contribution in [0.1, 0.15) is 57.7 Å². The van der Waals surface area contributed by atoms with E-state index >= 15 is 0 Å². The molecule has 0 atom stereocenters. The monoisotopic (exact) mass is 331 g/mol. The zero-order valence-corrected chi connectivity index (χ0v) is 15.0. The molecule has 23 heavy (non-hydrogen) atoms. The number of benzene rings is 1. The lowest BCUT2D eigenvalue weighted by Gasteiger charge is -2.02. The molecule has 0 fully saturated rings. The SMILES string of the molecule is CCOC(=O)c1nc(CCCCCc2cccc(C)c2)sc1C. The van der Waals surface area contributed by atoms with Crippen molar-refractivity contribution in [3.63, 3.8) is 0 Å². The van der Waals surface area contributed by atoms with Crippen LogP contribution < -0.4 is 0 Å². The van der Waals surface area contributed by atoms with E-state index in [0.717, 1.165) is 29.1 Å². The van der Waals surface area contributed by atoms with Crippen molar-refractivity contribution in [1.82, 2.24) is 4.98 Å². The Morgan fingerprint density at radius 1 is 1.17 bits per heavy atom. The number of hydrogen-bond acceptors (Lipinski definition) is 4. The zero-order chi connectivity index (χ0) is 16.7. The fraction of sp³-hybridized carbons (Fsp3) is 0.474. The van der Waals surface area contributed by atoms with Gasteiger partial charge in [-0.05, 0) is 52.0 Å². The molecule has 2 rings (SSSR count). The molecule has 0 aliphatic heterocycles. The lowest BCUT2D eigenvalue weighted by atomic mass is 10.0. The first-order valence-electron chi connectivity index (χ1n) is 8.29. The molecule has 0 radical (unpaired) electrons. The third-order valence-corrected chi connectivity index (χ3v) is 4.78. The van der Waals surface area contributed by atoms with Crippen LogP contribution in [0.25, 0.3) is 0 Å². The number of carbonyl (C=O) groups is 1. The predicted molar refractivity (Wildman–Crippen MR) is 95.2 cm³/mol. The first kappa shape index (κ1) is 17.7. The average molecular weight is 331 g/mol. The maximum absolute atomic E-state index is 11.8. The summed E-state index contributed by atoms with van der Waals surface area (Å²) in [4.78, 5) is 17.2. The molecule has 124 valence electrons. The molecule has 0 unspecified atom stereocenters. The maximum atomic E-state index is 11.8. The van der Waals surface area contributed by atoms with Crippen molar-refractivity contribution in [2.24, 2.45) is 0 Å². The third-order valence-electron chi connectivity index (χ3n) is 3.75. The molecule has 0 aliphatic rings. The summed E-state index contributed by atoms with van der Waals surface area (Å²) in [7, 11) is 0. The molecule has 1 heterocycles. The Balaban J connectivity index is 1.74. The molecular weight excluding hydrogens is 306 g/mol. The number of carbonyl (C=O) groups excluding carboxylic acids is 1. The second-order valence-electron chi connectivity index (χ2n) is 5.78. The molecule has 3 nitrogen and oxygen atoms in total. The van der Waals surface area contributed by atoms with Gasteiger partial charge in [0, 0.05) is 4.88 Å². The second-order valence-corrected chi connectivity index (χ2v) is 7.07. The Labute approximate surface area is 142 Å². The predicted octanol–water partition coefficient (Wildman–Crippen LogP) is 4.89. The molecule has 2 aromatic rings. The Morgan fingerprint density at radius 2 is 1.96 bits per heavy atom. The summed E-state index contributed by atoms with van der Waals surface area (Å²) >= 11 is 1.61. The Morgan fingerprint density at radius 3 is 2.70 bits per heavy atom. The van der Waals surface area contributed by atoms with Crippen molar-refractivity contribution in [3.05, 3.63) is 51.0 Å². The highest BCUT2D eigenvalue weighted by Crippen LogP contribution is 2.20. The largest absolute Gasteiger partial charge is 0.461 e. The first-order chi connectivity index (χ1) is 11.1. The third kappa shape index (κ3) is 5.47. The van der Waals surface area contributed by atoms with Gasteiger partial charge in [0.2, 0.25) is 0 Å². The van der Waals surface area contributed by atoms with E-state index in [9.17, 15) is 4.79 Å². The first-order valence-corrected chi connectivity index (χ1v) is 9.10. The number of rotatable bonds is 8. The van der Waals surface area contributed by atoms with E-state index < -0.39 is 0 Å². The van der Waals surface area contributed by atoms with E-state index in [0.29, 0.717) is 12.3 Å². The van der Waals surface area contributed by atoms with Crippen LogP contribution in [-0.2, 0) is 17.6 Å². The molecule has 0 bridgehead atoms. The molecule has 1 aromatic heterocycles. The molecular formula is C19H25NO2S. The molecule has 0 N–H and O–H groups in total. The van der Waals surface area contributed by atoms with E-state index in [4.69, 9.17) is 4.74 Å². The topological polar surface area (TPSA) is 39.2 Å². The van der Waals surface area contributed by atoms with Gasteiger partial charge in [-0.1, -0.05) is 36.2 Å². The van der Waals surface area contributed by atoms with Crippen molar-refractivity contribution < 1.29 is 9.53 Å². The Hall–Kier alpha value is -1.68. The quantitative estimate of drug-likeness (QED) is 0.510. The number of aromatic nitrogens is 1. The van der Waals surface area contributed by atoms with Gasteiger partial charge in [0.25, 0.3) is 0 Å².